The number of pyridine rings is 1. The first-order valence-electron chi connectivity index (χ1n) is 21.9. The Balaban J connectivity index is 1.09. The lowest BCUT2D eigenvalue weighted by molar-refractivity contribution is 1.13. The Labute approximate surface area is 373 Å². The lowest BCUT2D eigenvalue weighted by atomic mass is 9.97. The van der Waals surface area contributed by atoms with Crippen LogP contribution in [0.1, 0.15) is 0 Å². The number of rotatable bonds is 7. The fraction of sp³-hybridized carbons (Fsp3) is 0. The minimum atomic E-state index is 0.925. The summed E-state index contributed by atoms with van der Waals surface area (Å²) in [6, 6.07) is 89.6. The van der Waals surface area contributed by atoms with E-state index < -0.39 is 0 Å². The molecule has 0 saturated carbocycles. The zero-order valence-electron chi connectivity index (χ0n) is 35.0. The zero-order chi connectivity index (χ0) is 42.4. The fourth-order valence-electron chi connectivity index (χ4n) is 9.56. The predicted octanol–water partition coefficient (Wildman–Crippen LogP) is 16.5. The predicted molar refractivity (Wildman–Crippen MR) is 267 cm³/mol. The van der Waals surface area contributed by atoms with E-state index in [9.17, 15) is 0 Å². The normalized spacial score (nSPS) is 11.7. The molecule has 0 spiro atoms. The number of anilines is 3. The first-order valence-corrected chi connectivity index (χ1v) is 21.9. The van der Waals surface area contributed by atoms with Crippen molar-refractivity contribution < 1.29 is 0 Å². The second kappa shape index (κ2) is 15.7. The van der Waals surface area contributed by atoms with Crippen LogP contribution in [-0.2, 0) is 0 Å². The number of fused-ring (bicyclic) bond motifs is 7. The summed E-state index contributed by atoms with van der Waals surface area (Å²) in [5.74, 6) is 0. The largest absolute Gasteiger partial charge is 0.309 e. The second-order valence-corrected chi connectivity index (χ2v) is 16.4. The Morgan fingerprint density at radius 2 is 0.750 bits per heavy atom. The van der Waals surface area contributed by atoms with Gasteiger partial charge in [0.1, 0.15) is 0 Å². The number of benzene rings is 9. The quantitative estimate of drug-likeness (QED) is 0.160. The first-order chi connectivity index (χ1) is 31.7. The van der Waals surface area contributed by atoms with Crippen molar-refractivity contribution in [2.45, 2.75) is 0 Å². The van der Waals surface area contributed by atoms with E-state index in [4.69, 9.17) is 4.98 Å². The highest BCUT2D eigenvalue weighted by Gasteiger charge is 2.31. The van der Waals surface area contributed by atoms with Crippen molar-refractivity contribution in [3.8, 4) is 84.0 Å². The van der Waals surface area contributed by atoms with Gasteiger partial charge in [0.2, 0.25) is 0 Å². The summed E-state index contributed by atoms with van der Waals surface area (Å²) in [4.78, 5) is 7.81. The molecule has 9 aromatic carbocycles. The smallest absolute Gasteiger partial charge is 0.0716 e. The molecule has 2 aromatic heterocycles. The molecule has 0 aliphatic carbocycles. The molecule has 64 heavy (non-hydrogen) atoms. The van der Waals surface area contributed by atoms with Crippen LogP contribution in [0.15, 0.2) is 249 Å². The highest BCUT2D eigenvalue weighted by atomic mass is 15.2. The van der Waals surface area contributed by atoms with E-state index >= 15 is 0 Å². The molecule has 3 heterocycles. The number of hydrogen-bond acceptors (Lipinski definition) is 2. The van der Waals surface area contributed by atoms with Crippen LogP contribution in [0.5, 0.6) is 0 Å². The molecule has 0 unspecified atom stereocenters. The molecule has 1 aliphatic heterocycles. The molecule has 11 aromatic rings. The summed E-state index contributed by atoms with van der Waals surface area (Å²) in [6.07, 6.45) is 0. The average molecular weight is 816 g/mol. The van der Waals surface area contributed by atoms with Gasteiger partial charge in [-0.25, -0.2) is 4.98 Å². The van der Waals surface area contributed by atoms with Crippen LogP contribution in [-0.4, -0.2) is 9.55 Å². The highest BCUT2D eigenvalue weighted by Crippen LogP contribution is 2.55. The molecule has 12 rings (SSSR count). The maximum absolute atomic E-state index is 5.34. The Morgan fingerprint density at radius 1 is 0.297 bits per heavy atom. The summed E-state index contributed by atoms with van der Waals surface area (Å²) in [5, 5.41) is 1.20. The SMILES string of the molecule is c1ccc(-c2cc(-c3ccccc3)cc(N3c4ccccc4-c4c(n(-c5cccc(-c6cc(-c7ccccc7)cc(-c7ccccc7)n6)c5)c5ccccc45)-c4ccccc43)c2)cc1. The van der Waals surface area contributed by atoms with E-state index in [0.29, 0.717) is 0 Å². The monoisotopic (exact) mass is 815 g/mol. The minimum absolute atomic E-state index is 0.925. The summed E-state index contributed by atoms with van der Waals surface area (Å²) in [6.45, 7) is 0. The molecule has 0 radical (unpaired) electrons. The third-order valence-electron chi connectivity index (χ3n) is 12.5. The van der Waals surface area contributed by atoms with Gasteiger partial charge < -0.3 is 9.47 Å². The van der Waals surface area contributed by atoms with E-state index in [-0.39, 0.29) is 0 Å². The molecular weight excluding hydrogens is 775 g/mol. The van der Waals surface area contributed by atoms with E-state index in [0.717, 1.165) is 73.2 Å². The molecular formula is C61H41N3. The van der Waals surface area contributed by atoms with E-state index in [2.05, 4.69) is 258 Å². The van der Waals surface area contributed by atoms with Crippen molar-refractivity contribution in [3.63, 3.8) is 0 Å². The molecule has 3 nitrogen and oxygen atoms in total. The lowest BCUT2D eigenvalue weighted by Gasteiger charge is -2.28. The molecule has 0 fully saturated rings. The molecule has 0 saturated heterocycles. The van der Waals surface area contributed by atoms with Gasteiger partial charge in [-0.2, -0.15) is 0 Å². The maximum atomic E-state index is 5.34. The fourth-order valence-corrected chi connectivity index (χ4v) is 9.56. The summed E-state index contributed by atoms with van der Waals surface area (Å²) < 4.78 is 2.47. The van der Waals surface area contributed by atoms with Crippen LogP contribution >= 0.6 is 0 Å². The zero-order valence-corrected chi connectivity index (χ0v) is 35.0. The number of hydrogen-bond donors (Lipinski definition) is 0. The average Bonchev–Trinajstić information content (AvgIpc) is 3.66. The molecule has 0 amide bonds. The number of nitrogens with zero attached hydrogens (tertiary/aromatic N) is 3. The minimum Gasteiger partial charge on any atom is -0.309 e. The van der Waals surface area contributed by atoms with Crippen LogP contribution < -0.4 is 4.90 Å². The third kappa shape index (κ3) is 6.50. The van der Waals surface area contributed by atoms with Crippen molar-refractivity contribution in [2.24, 2.45) is 0 Å². The van der Waals surface area contributed by atoms with Gasteiger partial charge in [-0.15, -0.1) is 0 Å². The lowest BCUT2D eigenvalue weighted by Crippen LogP contribution is -2.11. The van der Waals surface area contributed by atoms with E-state index in [1.165, 1.54) is 38.8 Å². The van der Waals surface area contributed by atoms with Crippen molar-refractivity contribution in [2.75, 3.05) is 4.90 Å². The summed E-state index contributed by atoms with van der Waals surface area (Å²) in [7, 11) is 0. The summed E-state index contributed by atoms with van der Waals surface area (Å²) in [5.41, 5.74) is 21.2. The van der Waals surface area contributed by atoms with Gasteiger partial charge in [-0.3, -0.25) is 0 Å². The maximum Gasteiger partial charge on any atom is 0.0716 e. The summed E-state index contributed by atoms with van der Waals surface area (Å²) >= 11 is 0. The van der Waals surface area contributed by atoms with Crippen molar-refractivity contribution >= 4 is 28.0 Å². The van der Waals surface area contributed by atoms with Gasteiger partial charge in [-0.1, -0.05) is 188 Å². The van der Waals surface area contributed by atoms with Gasteiger partial charge in [0.05, 0.1) is 34.0 Å². The Hall–Kier alpha value is -8.53. The third-order valence-corrected chi connectivity index (χ3v) is 12.5. The van der Waals surface area contributed by atoms with Gasteiger partial charge in [0, 0.05) is 44.6 Å². The van der Waals surface area contributed by atoms with Gasteiger partial charge in [0.15, 0.2) is 0 Å². The van der Waals surface area contributed by atoms with Crippen LogP contribution in [0, 0.1) is 0 Å². The molecule has 0 bridgehead atoms. The standard InChI is InChI=1S/C61H41N3/c1-5-20-42(21-6-1)47-36-48(43-22-7-2-8-23-43)39-51(38-47)63-57-33-16-13-30-52(57)60-53-31-14-17-34-58(53)64(61(60)54-32-15-18-35-59(54)63)50-29-19-28-46(37-50)56-41-49(44-24-9-3-10-25-44)40-55(62-56)45-26-11-4-12-27-45/h1-41H. The van der Waals surface area contributed by atoms with Crippen LogP contribution in [0.2, 0.25) is 0 Å². The Kier molecular flexibility index (Phi) is 9.16. The molecule has 1 aliphatic rings. The Morgan fingerprint density at radius 3 is 1.38 bits per heavy atom. The van der Waals surface area contributed by atoms with E-state index in [1.54, 1.807) is 0 Å². The van der Waals surface area contributed by atoms with Crippen molar-refractivity contribution in [1.29, 1.82) is 0 Å². The van der Waals surface area contributed by atoms with Crippen LogP contribution in [0.4, 0.5) is 17.1 Å². The van der Waals surface area contributed by atoms with Gasteiger partial charge in [-0.05, 0) is 94.0 Å². The Bertz CT molecular complexity index is 3370. The number of aromatic nitrogens is 2. The van der Waals surface area contributed by atoms with E-state index in [1.807, 2.05) is 0 Å². The molecule has 0 N–H and O–H groups in total. The molecule has 3 heteroatoms. The first kappa shape index (κ1) is 37.2. The highest BCUT2D eigenvalue weighted by molar-refractivity contribution is 6.13. The van der Waals surface area contributed by atoms with Crippen LogP contribution in [0.25, 0.3) is 94.9 Å². The van der Waals surface area contributed by atoms with Gasteiger partial charge >= 0.3 is 0 Å². The second-order valence-electron chi connectivity index (χ2n) is 16.4. The molecule has 0 atom stereocenters. The molecule has 300 valence electrons. The van der Waals surface area contributed by atoms with Crippen molar-refractivity contribution in [3.05, 3.63) is 249 Å². The van der Waals surface area contributed by atoms with Crippen LogP contribution in [0.3, 0.4) is 0 Å². The topological polar surface area (TPSA) is 21.1 Å². The van der Waals surface area contributed by atoms with Crippen molar-refractivity contribution in [1.82, 2.24) is 9.55 Å². The van der Waals surface area contributed by atoms with Gasteiger partial charge in [0.25, 0.3) is 0 Å². The number of para-hydroxylation sites is 3.